The van der Waals surface area contributed by atoms with E-state index in [9.17, 15) is 0 Å². The van der Waals surface area contributed by atoms with Crippen LogP contribution in [0.15, 0.2) is 23.7 Å². The molecule has 0 spiro atoms. The van der Waals surface area contributed by atoms with Crippen molar-refractivity contribution >= 4 is 12.4 Å². The van der Waals surface area contributed by atoms with Crippen molar-refractivity contribution in [1.29, 1.82) is 0 Å². The lowest BCUT2D eigenvalue weighted by atomic mass is 10.4. The first-order valence-electron chi connectivity index (χ1n) is 4.83. The number of hydrogen-bond acceptors (Lipinski definition) is 3. The molecule has 15 heavy (non-hydrogen) atoms. The molecule has 1 aromatic rings. The first-order chi connectivity index (χ1) is 7.10. The van der Waals surface area contributed by atoms with Gasteiger partial charge in [0.15, 0.2) is 5.82 Å². The normalized spacial score (nSPS) is 11.9. The Morgan fingerprint density at radius 2 is 2.20 bits per heavy atom. The Balaban J connectivity index is 3.16. The highest BCUT2D eigenvalue weighted by molar-refractivity contribution is 5.64. The molecule has 4 nitrogen and oxygen atoms in total. The molecular weight excluding hydrogens is 188 g/mol. The van der Waals surface area contributed by atoms with Gasteiger partial charge in [-0.2, -0.15) is 0 Å². The van der Waals surface area contributed by atoms with Crippen LogP contribution in [0.1, 0.15) is 31.5 Å². The summed E-state index contributed by atoms with van der Waals surface area (Å²) in [4.78, 5) is 8.19. The fraction of sp³-hybridized carbons (Fsp3) is 0.364. The molecule has 1 rings (SSSR count). The van der Waals surface area contributed by atoms with Crippen molar-refractivity contribution in [2.24, 2.45) is 4.99 Å². The average Bonchev–Trinajstić information content (AvgIpc) is 2.56. The fourth-order valence-electron chi connectivity index (χ4n) is 1.31. The molecule has 0 bridgehead atoms. The molecule has 0 aliphatic rings. The molecule has 0 saturated carbocycles. The minimum Gasteiger partial charge on any atom is -0.261 e. The van der Waals surface area contributed by atoms with Crippen molar-refractivity contribution in [1.82, 2.24) is 14.8 Å². The molecule has 0 aromatic carbocycles. The zero-order valence-electron chi connectivity index (χ0n) is 9.44. The van der Waals surface area contributed by atoms with E-state index in [1.165, 1.54) is 0 Å². The van der Waals surface area contributed by atoms with Crippen molar-refractivity contribution in [3.8, 4) is 0 Å². The monoisotopic (exact) mass is 204 g/mol. The molecular formula is C11H16N4. The van der Waals surface area contributed by atoms with Crippen LogP contribution in [0.4, 0.5) is 0 Å². The molecule has 0 aliphatic carbocycles. The molecule has 80 valence electrons. The second kappa shape index (κ2) is 4.68. The Hall–Kier alpha value is -1.71. The van der Waals surface area contributed by atoms with Gasteiger partial charge in [-0.15, -0.1) is 5.10 Å². The zero-order chi connectivity index (χ0) is 11.4. The van der Waals surface area contributed by atoms with Crippen LogP contribution in [0.25, 0.3) is 5.70 Å². The predicted molar refractivity (Wildman–Crippen MR) is 62.9 cm³/mol. The van der Waals surface area contributed by atoms with E-state index in [0.29, 0.717) is 17.6 Å². The number of aromatic nitrogens is 3. The van der Waals surface area contributed by atoms with E-state index in [2.05, 4.69) is 42.2 Å². The van der Waals surface area contributed by atoms with Gasteiger partial charge in [0.2, 0.25) is 0 Å². The SMILES string of the molecule is C=C/C=C(\N=C)c1nc(C)n(C(C)C)n1. The summed E-state index contributed by atoms with van der Waals surface area (Å²) in [6, 6.07) is 0.293. The van der Waals surface area contributed by atoms with Crippen LogP contribution in [0.2, 0.25) is 0 Å². The van der Waals surface area contributed by atoms with Crippen LogP contribution < -0.4 is 0 Å². The molecule has 0 atom stereocenters. The molecule has 0 fully saturated rings. The van der Waals surface area contributed by atoms with Gasteiger partial charge in [-0.25, -0.2) is 9.67 Å². The molecule has 0 N–H and O–H groups in total. The van der Waals surface area contributed by atoms with Gasteiger partial charge in [0, 0.05) is 6.04 Å². The molecule has 0 unspecified atom stereocenters. The van der Waals surface area contributed by atoms with Crippen LogP contribution in [-0.2, 0) is 0 Å². The second-order valence-corrected chi connectivity index (χ2v) is 3.47. The minimum absolute atomic E-state index is 0.293. The quantitative estimate of drug-likeness (QED) is 0.558. The second-order valence-electron chi connectivity index (χ2n) is 3.47. The van der Waals surface area contributed by atoms with Gasteiger partial charge in [0.05, 0.1) is 0 Å². The Bertz CT molecular complexity index is 399. The molecule has 0 saturated heterocycles. The number of hydrogen-bond donors (Lipinski definition) is 0. The van der Waals surface area contributed by atoms with Crippen LogP contribution >= 0.6 is 0 Å². The maximum atomic E-state index is 4.35. The molecule has 4 heteroatoms. The minimum atomic E-state index is 0.293. The van der Waals surface area contributed by atoms with E-state index in [-0.39, 0.29) is 0 Å². The van der Waals surface area contributed by atoms with Crippen molar-refractivity contribution in [3.63, 3.8) is 0 Å². The lowest BCUT2D eigenvalue weighted by molar-refractivity contribution is 0.515. The summed E-state index contributed by atoms with van der Waals surface area (Å²) in [5.74, 6) is 1.47. The van der Waals surface area contributed by atoms with Gasteiger partial charge in [0.1, 0.15) is 11.5 Å². The number of aryl methyl sites for hydroxylation is 1. The van der Waals surface area contributed by atoms with E-state index in [1.807, 2.05) is 11.6 Å². The third kappa shape index (κ3) is 2.40. The summed E-state index contributed by atoms with van der Waals surface area (Å²) in [7, 11) is 0. The summed E-state index contributed by atoms with van der Waals surface area (Å²) in [6.45, 7) is 13.1. The molecule has 1 heterocycles. The lowest BCUT2D eigenvalue weighted by Crippen LogP contribution is -2.05. The first-order valence-corrected chi connectivity index (χ1v) is 4.83. The molecule has 0 radical (unpaired) electrons. The van der Waals surface area contributed by atoms with E-state index in [0.717, 1.165) is 5.82 Å². The van der Waals surface area contributed by atoms with Crippen molar-refractivity contribution < 1.29 is 0 Å². The van der Waals surface area contributed by atoms with Crippen molar-refractivity contribution in [2.45, 2.75) is 26.8 Å². The summed E-state index contributed by atoms with van der Waals surface area (Å²) in [5.41, 5.74) is 0.646. The van der Waals surface area contributed by atoms with Crippen molar-refractivity contribution in [3.05, 3.63) is 30.4 Å². The lowest BCUT2D eigenvalue weighted by Gasteiger charge is -2.04. The Morgan fingerprint density at radius 3 is 2.60 bits per heavy atom. The Morgan fingerprint density at radius 1 is 1.53 bits per heavy atom. The number of aliphatic imine (C=N–C) groups is 1. The van der Waals surface area contributed by atoms with Gasteiger partial charge in [-0.05, 0) is 33.6 Å². The molecule has 0 amide bonds. The topological polar surface area (TPSA) is 43.1 Å². The maximum absolute atomic E-state index is 4.35. The zero-order valence-corrected chi connectivity index (χ0v) is 9.44. The summed E-state index contributed by atoms with van der Waals surface area (Å²) >= 11 is 0. The standard InChI is InChI=1S/C11H16N4/c1-6-7-10(12-5)11-13-9(4)15(14-11)8(2)3/h6-8H,1,5H2,2-4H3/b10-7-. The predicted octanol–water partition coefficient (Wildman–Crippen LogP) is 2.39. The van der Waals surface area contributed by atoms with E-state index in [1.54, 1.807) is 12.2 Å². The van der Waals surface area contributed by atoms with Gasteiger partial charge in [-0.3, -0.25) is 4.99 Å². The van der Waals surface area contributed by atoms with Crippen molar-refractivity contribution in [2.75, 3.05) is 0 Å². The largest absolute Gasteiger partial charge is 0.261 e. The fourth-order valence-corrected chi connectivity index (χ4v) is 1.31. The summed E-state index contributed by atoms with van der Waals surface area (Å²) in [6.07, 6.45) is 3.39. The van der Waals surface area contributed by atoms with Crippen LogP contribution in [0.3, 0.4) is 0 Å². The Labute approximate surface area is 90.1 Å². The van der Waals surface area contributed by atoms with Gasteiger partial charge in [-0.1, -0.05) is 12.7 Å². The average molecular weight is 204 g/mol. The smallest absolute Gasteiger partial charge is 0.199 e. The van der Waals surface area contributed by atoms with Crippen LogP contribution in [0.5, 0.6) is 0 Å². The van der Waals surface area contributed by atoms with E-state index in [4.69, 9.17) is 0 Å². The molecule has 0 aliphatic heterocycles. The van der Waals surface area contributed by atoms with Gasteiger partial charge < -0.3 is 0 Å². The highest BCUT2D eigenvalue weighted by Crippen LogP contribution is 2.14. The third-order valence-corrected chi connectivity index (χ3v) is 1.97. The number of nitrogens with zero attached hydrogens (tertiary/aromatic N) is 4. The highest BCUT2D eigenvalue weighted by Gasteiger charge is 2.10. The Kier molecular flexibility index (Phi) is 3.55. The highest BCUT2D eigenvalue weighted by atomic mass is 15.4. The third-order valence-electron chi connectivity index (χ3n) is 1.97. The summed E-state index contributed by atoms with van der Waals surface area (Å²) < 4.78 is 1.86. The maximum Gasteiger partial charge on any atom is 0.199 e. The van der Waals surface area contributed by atoms with Gasteiger partial charge >= 0.3 is 0 Å². The summed E-state index contributed by atoms with van der Waals surface area (Å²) in [5, 5.41) is 4.35. The van der Waals surface area contributed by atoms with Gasteiger partial charge in [0.25, 0.3) is 0 Å². The van der Waals surface area contributed by atoms with E-state index >= 15 is 0 Å². The number of rotatable bonds is 4. The molecule has 1 aromatic heterocycles. The number of allylic oxidation sites excluding steroid dienone is 2. The first kappa shape index (κ1) is 11.4. The van der Waals surface area contributed by atoms with Crippen LogP contribution in [-0.4, -0.2) is 21.5 Å². The van der Waals surface area contributed by atoms with E-state index < -0.39 is 0 Å². The van der Waals surface area contributed by atoms with Crippen LogP contribution in [0, 0.1) is 6.92 Å².